The molecule has 0 bridgehead atoms. The molecule has 1 heterocycles. The maximum Gasteiger partial charge on any atom is 0.0997 e. The van der Waals surface area contributed by atoms with Crippen molar-refractivity contribution in [3.8, 4) is 5.69 Å². The highest BCUT2D eigenvalue weighted by atomic mass is 35.5. The second kappa shape index (κ2) is 3.59. The first-order valence-corrected chi connectivity index (χ1v) is 5.03. The van der Waals surface area contributed by atoms with Gasteiger partial charge in [-0.15, -0.1) is 0 Å². The smallest absolute Gasteiger partial charge is 0.0997 e. The maximum atomic E-state index is 6.12. The molecule has 1 aromatic carbocycles. The van der Waals surface area contributed by atoms with E-state index in [9.17, 15) is 0 Å². The predicted molar refractivity (Wildman–Crippen MR) is 62.5 cm³/mol. The third kappa shape index (κ3) is 1.70. The fourth-order valence-electron chi connectivity index (χ4n) is 1.46. The van der Waals surface area contributed by atoms with Crippen molar-refractivity contribution in [3.63, 3.8) is 0 Å². The average Bonchev–Trinajstić information content (AvgIpc) is 2.49. The molecule has 0 unspecified atom stereocenters. The molecule has 15 heavy (non-hydrogen) atoms. The molecule has 3 nitrogen and oxygen atoms in total. The van der Waals surface area contributed by atoms with Gasteiger partial charge in [0, 0.05) is 11.4 Å². The van der Waals surface area contributed by atoms with Gasteiger partial charge in [0.25, 0.3) is 0 Å². The molecule has 0 aliphatic heterocycles. The van der Waals surface area contributed by atoms with E-state index < -0.39 is 0 Å². The van der Waals surface area contributed by atoms with Crippen LogP contribution in [0, 0.1) is 13.8 Å². The number of rotatable bonds is 1. The summed E-state index contributed by atoms with van der Waals surface area (Å²) in [4.78, 5) is 4.23. The van der Waals surface area contributed by atoms with E-state index in [2.05, 4.69) is 4.98 Å². The summed E-state index contributed by atoms with van der Waals surface area (Å²) in [6.45, 7) is 3.98. The number of halogens is 1. The van der Waals surface area contributed by atoms with E-state index in [0.29, 0.717) is 10.7 Å². The molecule has 2 rings (SSSR count). The Morgan fingerprint density at radius 1 is 1.33 bits per heavy atom. The monoisotopic (exact) mass is 221 g/mol. The molecule has 0 radical (unpaired) electrons. The van der Waals surface area contributed by atoms with Gasteiger partial charge < -0.3 is 10.3 Å². The van der Waals surface area contributed by atoms with Crippen LogP contribution in [0.1, 0.15) is 11.4 Å². The van der Waals surface area contributed by atoms with Crippen LogP contribution in [-0.4, -0.2) is 9.55 Å². The molecule has 2 aromatic rings. The Morgan fingerprint density at radius 3 is 2.60 bits per heavy atom. The van der Waals surface area contributed by atoms with Crippen molar-refractivity contribution in [1.82, 2.24) is 9.55 Å². The number of hydrogen-bond donors (Lipinski definition) is 1. The lowest BCUT2D eigenvalue weighted by Crippen LogP contribution is -1.97. The molecule has 0 saturated heterocycles. The van der Waals surface area contributed by atoms with Gasteiger partial charge in [-0.05, 0) is 32.0 Å². The number of nitrogens with zero attached hydrogens (tertiary/aromatic N) is 2. The van der Waals surface area contributed by atoms with E-state index in [1.165, 1.54) is 0 Å². The van der Waals surface area contributed by atoms with Gasteiger partial charge in [0.2, 0.25) is 0 Å². The van der Waals surface area contributed by atoms with Crippen LogP contribution >= 0.6 is 11.6 Å². The third-order valence-electron chi connectivity index (χ3n) is 2.48. The normalized spacial score (nSPS) is 10.6. The number of hydrogen-bond acceptors (Lipinski definition) is 2. The number of nitrogen functional groups attached to an aromatic ring is 1. The van der Waals surface area contributed by atoms with Crippen molar-refractivity contribution in [2.75, 3.05) is 5.73 Å². The zero-order chi connectivity index (χ0) is 11.0. The Labute approximate surface area is 93.5 Å². The number of anilines is 1. The van der Waals surface area contributed by atoms with Gasteiger partial charge in [-0.2, -0.15) is 0 Å². The second-order valence-electron chi connectivity index (χ2n) is 3.50. The summed E-state index contributed by atoms with van der Waals surface area (Å²) < 4.78 is 1.96. The van der Waals surface area contributed by atoms with Gasteiger partial charge in [-0.1, -0.05) is 11.6 Å². The zero-order valence-electron chi connectivity index (χ0n) is 8.66. The van der Waals surface area contributed by atoms with Crippen LogP contribution in [0.3, 0.4) is 0 Å². The number of imidazole rings is 1. The fourth-order valence-corrected chi connectivity index (χ4v) is 1.74. The molecule has 0 saturated carbocycles. The first-order chi connectivity index (χ1) is 7.09. The van der Waals surface area contributed by atoms with Gasteiger partial charge in [0.1, 0.15) is 0 Å². The van der Waals surface area contributed by atoms with Crippen LogP contribution in [-0.2, 0) is 0 Å². The van der Waals surface area contributed by atoms with E-state index in [4.69, 9.17) is 17.3 Å². The molecule has 1 aromatic heterocycles. The fraction of sp³-hybridized carbons (Fsp3) is 0.182. The summed E-state index contributed by atoms with van der Waals surface area (Å²) in [5.41, 5.74) is 9.30. The lowest BCUT2D eigenvalue weighted by Gasteiger charge is -2.08. The molecule has 0 amide bonds. The van der Waals surface area contributed by atoms with Gasteiger partial charge in [-0.3, -0.25) is 0 Å². The summed E-state index contributed by atoms with van der Waals surface area (Å²) in [7, 11) is 0. The minimum absolute atomic E-state index is 0.635. The van der Waals surface area contributed by atoms with Crippen LogP contribution in [0.4, 0.5) is 5.69 Å². The highest BCUT2D eigenvalue weighted by Gasteiger charge is 2.07. The number of benzene rings is 1. The largest absolute Gasteiger partial charge is 0.399 e. The number of aryl methyl sites for hydroxylation is 1. The van der Waals surface area contributed by atoms with Gasteiger partial charge in [0.15, 0.2) is 0 Å². The molecule has 0 aliphatic carbocycles. The van der Waals surface area contributed by atoms with Crippen molar-refractivity contribution in [2.45, 2.75) is 13.8 Å². The highest BCUT2D eigenvalue weighted by Crippen LogP contribution is 2.24. The molecular weight excluding hydrogens is 210 g/mol. The van der Waals surface area contributed by atoms with E-state index in [0.717, 1.165) is 17.1 Å². The first-order valence-electron chi connectivity index (χ1n) is 4.65. The summed E-state index contributed by atoms with van der Waals surface area (Å²) in [5, 5.41) is 0.635. The SMILES string of the molecule is Cc1ncn(-c2ccc(N)cc2Cl)c1C. The zero-order valence-corrected chi connectivity index (χ0v) is 9.42. The molecule has 0 spiro atoms. The Hall–Kier alpha value is -1.48. The molecule has 0 aliphatic rings. The van der Waals surface area contributed by atoms with Crippen molar-refractivity contribution < 1.29 is 0 Å². The molecular formula is C11H12ClN3. The second-order valence-corrected chi connectivity index (χ2v) is 3.90. The highest BCUT2D eigenvalue weighted by molar-refractivity contribution is 6.32. The molecule has 0 fully saturated rings. The predicted octanol–water partition coefficient (Wildman–Crippen LogP) is 2.72. The van der Waals surface area contributed by atoms with Crippen LogP contribution in [0.5, 0.6) is 0 Å². The van der Waals surface area contributed by atoms with Crippen LogP contribution < -0.4 is 5.73 Å². The van der Waals surface area contributed by atoms with E-state index in [1.807, 2.05) is 30.5 Å². The average molecular weight is 222 g/mol. The maximum absolute atomic E-state index is 6.12. The number of nitrogens with two attached hydrogens (primary N) is 1. The van der Waals surface area contributed by atoms with Gasteiger partial charge >= 0.3 is 0 Å². The van der Waals surface area contributed by atoms with E-state index >= 15 is 0 Å². The molecule has 2 N–H and O–H groups in total. The van der Waals surface area contributed by atoms with E-state index in [-0.39, 0.29) is 0 Å². The topological polar surface area (TPSA) is 43.8 Å². The Kier molecular flexibility index (Phi) is 2.40. The minimum Gasteiger partial charge on any atom is -0.399 e. The summed E-state index contributed by atoms with van der Waals surface area (Å²) in [6.07, 6.45) is 1.77. The quantitative estimate of drug-likeness (QED) is 0.753. The van der Waals surface area contributed by atoms with Crippen molar-refractivity contribution in [1.29, 1.82) is 0 Å². The van der Waals surface area contributed by atoms with Gasteiger partial charge in [0.05, 0.1) is 22.7 Å². The minimum atomic E-state index is 0.635. The number of aromatic nitrogens is 2. The van der Waals surface area contributed by atoms with Gasteiger partial charge in [-0.25, -0.2) is 4.98 Å². The molecule has 0 atom stereocenters. The van der Waals surface area contributed by atoms with Crippen molar-refractivity contribution in [3.05, 3.63) is 40.9 Å². The van der Waals surface area contributed by atoms with Crippen LogP contribution in [0.15, 0.2) is 24.5 Å². The Balaban J connectivity index is 2.59. The Morgan fingerprint density at radius 2 is 2.07 bits per heavy atom. The lowest BCUT2D eigenvalue weighted by atomic mass is 10.2. The molecule has 78 valence electrons. The van der Waals surface area contributed by atoms with Crippen LogP contribution in [0.2, 0.25) is 5.02 Å². The lowest BCUT2D eigenvalue weighted by molar-refractivity contribution is 1.00. The summed E-state index contributed by atoms with van der Waals surface area (Å²) in [6, 6.07) is 5.47. The summed E-state index contributed by atoms with van der Waals surface area (Å²) >= 11 is 6.12. The van der Waals surface area contributed by atoms with Crippen LogP contribution in [0.25, 0.3) is 5.69 Å². The third-order valence-corrected chi connectivity index (χ3v) is 2.79. The molecule has 4 heteroatoms. The van der Waals surface area contributed by atoms with Crippen molar-refractivity contribution in [2.24, 2.45) is 0 Å². The summed E-state index contributed by atoms with van der Waals surface area (Å²) in [5.74, 6) is 0. The first kappa shape index (κ1) is 10.1. The standard InChI is InChI=1S/C11H12ClN3/c1-7-8(2)15(6-14-7)11-4-3-9(13)5-10(11)12/h3-6H,13H2,1-2H3. The van der Waals surface area contributed by atoms with E-state index in [1.54, 1.807) is 12.4 Å². The Bertz CT molecular complexity index is 503. The van der Waals surface area contributed by atoms with Crippen molar-refractivity contribution >= 4 is 17.3 Å².